The van der Waals surface area contributed by atoms with Gasteiger partial charge in [-0.3, -0.25) is 4.90 Å². The van der Waals surface area contributed by atoms with E-state index in [2.05, 4.69) is 9.98 Å². The molecular formula is C15H19ClN6S. The van der Waals surface area contributed by atoms with Gasteiger partial charge in [0.25, 0.3) is 0 Å². The second-order valence-electron chi connectivity index (χ2n) is 5.84. The zero-order valence-corrected chi connectivity index (χ0v) is 14.2. The number of guanidine groups is 2. The molecule has 0 saturated heterocycles. The van der Waals surface area contributed by atoms with E-state index in [1.54, 1.807) is 18.2 Å². The van der Waals surface area contributed by atoms with Crippen molar-refractivity contribution in [3.05, 3.63) is 28.8 Å². The summed E-state index contributed by atoms with van der Waals surface area (Å²) in [5.41, 5.74) is 18.9. The van der Waals surface area contributed by atoms with Gasteiger partial charge in [-0.15, -0.1) is 0 Å². The van der Waals surface area contributed by atoms with E-state index < -0.39 is 5.66 Å². The topological polar surface area (TPSA) is 106 Å². The Balaban J connectivity index is 2.18. The molecule has 0 bridgehead atoms. The first-order valence-electron chi connectivity index (χ1n) is 7.52. The predicted molar refractivity (Wildman–Crippen MR) is 98.9 cm³/mol. The Bertz CT molecular complexity index is 708. The Hall–Kier alpha value is -1.86. The molecule has 122 valence electrons. The van der Waals surface area contributed by atoms with Gasteiger partial charge in [-0.05, 0) is 43.9 Å². The third-order valence-corrected chi connectivity index (χ3v) is 4.77. The van der Waals surface area contributed by atoms with Gasteiger partial charge >= 0.3 is 0 Å². The van der Waals surface area contributed by atoms with E-state index >= 15 is 0 Å². The third kappa shape index (κ3) is 2.86. The molecular weight excluding hydrogens is 332 g/mol. The smallest absolute Gasteiger partial charge is 0.220 e. The zero-order valence-electron chi connectivity index (χ0n) is 12.6. The summed E-state index contributed by atoms with van der Waals surface area (Å²) in [5, 5.41) is 0.571. The van der Waals surface area contributed by atoms with E-state index in [9.17, 15) is 0 Å². The Morgan fingerprint density at radius 2 is 1.91 bits per heavy atom. The molecule has 1 fully saturated rings. The molecule has 0 radical (unpaired) electrons. The van der Waals surface area contributed by atoms with E-state index in [4.69, 9.17) is 41.0 Å². The van der Waals surface area contributed by atoms with Gasteiger partial charge in [0.1, 0.15) is 10.7 Å². The maximum absolute atomic E-state index is 6.21. The molecule has 0 aromatic heterocycles. The number of benzene rings is 1. The van der Waals surface area contributed by atoms with Crippen molar-refractivity contribution in [3.63, 3.8) is 0 Å². The third-order valence-electron chi connectivity index (χ3n) is 4.32. The lowest BCUT2D eigenvalue weighted by Gasteiger charge is -2.46. The molecule has 1 saturated carbocycles. The highest BCUT2D eigenvalue weighted by atomic mass is 35.5. The number of hydrogen-bond donors (Lipinski definition) is 3. The van der Waals surface area contributed by atoms with Gasteiger partial charge in [0.15, 0.2) is 0 Å². The number of hydrogen-bond acceptors (Lipinski definition) is 6. The minimum absolute atomic E-state index is 0.208. The molecule has 23 heavy (non-hydrogen) atoms. The van der Waals surface area contributed by atoms with Crippen LogP contribution in [0.1, 0.15) is 37.7 Å². The van der Waals surface area contributed by atoms with Gasteiger partial charge in [-0.1, -0.05) is 30.2 Å². The van der Waals surface area contributed by atoms with Crippen molar-refractivity contribution in [1.82, 2.24) is 0 Å². The number of halogens is 1. The molecule has 8 heteroatoms. The summed E-state index contributed by atoms with van der Waals surface area (Å²) in [5.74, 6) is 0.499. The van der Waals surface area contributed by atoms with E-state index in [1.807, 2.05) is 4.90 Å². The molecule has 0 unspecified atom stereocenters. The lowest BCUT2D eigenvalue weighted by atomic mass is 9.87. The summed E-state index contributed by atoms with van der Waals surface area (Å²) in [6.45, 7) is 0. The molecule has 2 aliphatic rings. The average Bonchev–Trinajstić information content (AvgIpc) is 2.46. The highest BCUT2D eigenvalue weighted by molar-refractivity contribution is 7.80. The molecule has 6 nitrogen and oxygen atoms in total. The summed E-state index contributed by atoms with van der Waals surface area (Å²) in [6.07, 6.45) is 4.94. The summed E-state index contributed by atoms with van der Waals surface area (Å²) in [6, 6.07) is 5.35. The zero-order chi connectivity index (χ0) is 16.6. The molecule has 3 rings (SSSR count). The number of thiocarbonyl (C=S) groups is 1. The number of nitrogens with zero attached hydrogens (tertiary/aromatic N) is 3. The molecule has 1 aromatic rings. The molecule has 1 aliphatic heterocycles. The average molecular weight is 351 g/mol. The standard InChI is InChI=1S/C15H19ClN6S/c16-9-4-5-10(12(17)23)11(8-9)22-14(19)20-13(18)21-15(22)6-2-1-3-7-15/h4-5,8H,1-3,6-7H2,(H2,17,23)(H4,18,19,20,21). The normalized spacial score (nSPS) is 20.1. The molecule has 1 aromatic carbocycles. The summed E-state index contributed by atoms with van der Waals surface area (Å²) < 4.78 is 0. The van der Waals surface area contributed by atoms with Crippen LogP contribution in [0.5, 0.6) is 0 Å². The van der Waals surface area contributed by atoms with Crippen LogP contribution in [-0.4, -0.2) is 22.6 Å². The van der Waals surface area contributed by atoms with Gasteiger partial charge in [0.05, 0.1) is 5.69 Å². The van der Waals surface area contributed by atoms with Crippen LogP contribution in [0, 0.1) is 0 Å². The van der Waals surface area contributed by atoms with Crippen LogP contribution in [-0.2, 0) is 0 Å². The first kappa shape index (κ1) is 16.0. The fourth-order valence-electron chi connectivity index (χ4n) is 3.37. The fraction of sp³-hybridized carbons (Fsp3) is 0.400. The first-order valence-corrected chi connectivity index (χ1v) is 8.31. The van der Waals surface area contributed by atoms with Crippen molar-refractivity contribution in [1.29, 1.82) is 0 Å². The van der Waals surface area contributed by atoms with Crippen molar-refractivity contribution in [3.8, 4) is 0 Å². The molecule has 0 amide bonds. The van der Waals surface area contributed by atoms with E-state index in [0.29, 0.717) is 16.5 Å². The highest BCUT2D eigenvalue weighted by Crippen LogP contribution is 2.41. The van der Waals surface area contributed by atoms with Crippen LogP contribution >= 0.6 is 23.8 Å². The lowest BCUT2D eigenvalue weighted by molar-refractivity contribution is 0.305. The van der Waals surface area contributed by atoms with Gasteiger partial charge in [-0.25, -0.2) is 4.99 Å². The summed E-state index contributed by atoms with van der Waals surface area (Å²) in [4.78, 5) is 10.9. The van der Waals surface area contributed by atoms with E-state index in [-0.39, 0.29) is 10.9 Å². The molecule has 1 aliphatic carbocycles. The number of aliphatic imine (C=N–C) groups is 2. The SMILES string of the molecule is NC(=S)c1ccc(Cl)cc1N1C(N)=NC(N)=NC12CCCCC2. The minimum atomic E-state index is -0.543. The van der Waals surface area contributed by atoms with Gasteiger partial charge in [0, 0.05) is 10.6 Å². The fourth-order valence-corrected chi connectivity index (χ4v) is 3.71. The van der Waals surface area contributed by atoms with E-state index in [0.717, 1.165) is 31.4 Å². The molecule has 6 N–H and O–H groups in total. The lowest BCUT2D eigenvalue weighted by Crippen LogP contribution is -2.58. The largest absolute Gasteiger partial charge is 0.389 e. The van der Waals surface area contributed by atoms with Crippen molar-refractivity contribution < 1.29 is 0 Å². The maximum atomic E-state index is 6.21. The van der Waals surface area contributed by atoms with Crippen LogP contribution in [0.4, 0.5) is 5.69 Å². The van der Waals surface area contributed by atoms with Crippen molar-refractivity contribution in [2.75, 3.05) is 4.90 Å². The quantitative estimate of drug-likeness (QED) is 0.708. The van der Waals surface area contributed by atoms with Crippen LogP contribution in [0.25, 0.3) is 0 Å². The summed E-state index contributed by atoms with van der Waals surface area (Å²) >= 11 is 11.4. The van der Waals surface area contributed by atoms with Gasteiger partial charge in [-0.2, -0.15) is 4.99 Å². The Morgan fingerprint density at radius 3 is 2.57 bits per heavy atom. The van der Waals surface area contributed by atoms with Crippen LogP contribution in [0.15, 0.2) is 28.2 Å². The van der Waals surface area contributed by atoms with Crippen LogP contribution in [0.2, 0.25) is 5.02 Å². The Morgan fingerprint density at radius 1 is 1.22 bits per heavy atom. The van der Waals surface area contributed by atoms with Gasteiger partial charge < -0.3 is 17.2 Å². The maximum Gasteiger partial charge on any atom is 0.220 e. The molecule has 1 spiro atoms. The summed E-state index contributed by atoms with van der Waals surface area (Å²) in [7, 11) is 0. The Kier molecular flexibility index (Phi) is 4.16. The highest BCUT2D eigenvalue weighted by Gasteiger charge is 2.43. The second-order valence-corrected chi connectivity index (χ2v) is 6.72. The van der Waals surface area contributed by atoms with Crippen LogP contribution < -0.4 is 22.1 Å². The first-order chi connectivity index (χ1) is 10.9. The minimum Gasteiger partial charge on any atom is -0.389 e. The predicted octanol–water partition coefficient (Wildman–Crippen LogP) is 2.08. The second kappa shape index (κ2) is 5.98. The monoisotopic (exact) mass is 350 g/mol. The van der Waals surface area contributed by atoms with Crippen molar-refractivity contribution in [2.24, 2.45) is 27.2 Å². The van der Waals surface area contributed by atoms with Gasteiger partial charge in [0.2, 0.25) is 11.9 Å². The van der Waals surface area contributed by atoms with Crippen LogP contribution in [0.3, 0.4) is 0 Å². The molecule has 1 heterocycles. The van der Waals surface area contributed by atoms with Crippen molar-refractivity contribution in [2.45, 2.75) is 37.8 Å². The number of rotatable bonds is 2. The number of anilines is 1. The number of nitrogens with two attached hydrogens (primary N) is 3. The molecule has 0 atom stereocenters. The van der Waals surface area contributed by atoms with E-state index in [1.165, 1.54) is 6.42 Å². The Labute approximate surface area is 145 Å². The van der Waals surface area contributed by atoms with Crippen molar-refractivity contribution >= 4 is 46.4 Å².